The molecule has 3 rings (SSSR count). The fraction of sp³-hybridized carbons (Fsp3) is 0.214. The minimum absolute atomic E-state index is 0.470. The largest absolute Gasteiger partial charge is 0.383 e. The average molecular weight is 268 g/mol. The number of fused-ring (bicyclic) bond motifs is 1. The first-order valence-electron chi connectivity index (χ1n) is 6.49. The van der Waals surface area contributed by atoms with E-state index in [9.17, 15) is 0 Å². The molecule has 6 nitrogen and oxygen atoms in total. The number of nitrogen functional groups attached to an aromatic ring is 1. The Balaban J connectivity index is 2.23. The van der Waals surface area contributed by atoms with Crippen LogP contribution in [0.4, 0.5) is 11.8 Å². The molecule has 0 aliphatic rings. The van der Waals surface area contributed by atoms with Gasteiger partial charge in [0.05, 0.1) is 17.3 Å². The van der Waals surface area contributed by atoms with Crippen LogP contribution in [0.15, 0.2) is 30.7 Å². The van der Waals surface area contributed by atoms with E-state index in [1.165, 1.54) is 5.56 Å². The number of aryl methyl sites for hydroxylation is 1. The third-order valence-corrected chi connectivity index (χ3v) is 3.26. The number of aromatic nitrogens is 4. The molecule has 102 valence electrons. The van der Waals surface area contributed by atoms with E-state index in [-0.39, 0.29) is 0 Å². The van der Waals surface area contributed by atoms with Crippen LogP contribution in [-0.4, -0.2) is 26.6 Å². The minimum atomic E-state index is 0.470. The lowest BCUT2D eigenvalue weighted by Crippen LogP contribution is -2.03. The molecule has 0 bridgehead atoms. The van der Waals surface area contributed by atoms with Crippen molar-refractivity contribution in [1.82, 2.24) is 19.5 Å². The summed E-state index contributed by atoms with van der Waals surface area (Å²) in [4.78, 5) is 12.9. The monoisotopic (exact) mass is 268 g/mol. The molecule has 6 heteroatoms. The fourth-order valence-corrected chi connectivity index (χ4v) is 2.16. The highest BCUT2D eigenvalue weighted by Crippen LogP contribution is 2.23. The molecule has 3 heterocycles. The Morgan fingerprint density at radius 2 is 2.15 bits per heavy atom. The molecule has 20 heavy (non-hydrogen) atoms. The molecule has 3 N–H and O–H groups in total. The highest BCUT2D eigenvalue weighted by Gasteiger charge is 2.10. The van der Waals surface area contributed by atoms with Gasteiger partial charge in [-0.25, -0.2) is 0 Å². The van der Waals surface area contributed by atoms with E-state index in [0.29, 0.717) is 11.8 Å². The van der Waals surface area contributed by atoms with Crippen molar-refractivity contribution < 1.29 is 0 Å². The van der Waals surface area contributed by atoms with Crippen molar-refractivity contribution in [2.45, 2.75) is 13.3 Å². The summed E-state index contributed by atoms with van der Waals surface area (Å²) in [7, 11) is 1.77. The van der Waals surface area contributed by atoms with Gasteiger partial charge in [-0.1, -0.05) is 6.92 Å². The summed E-state index contributed by atoms with van der Waals surface area (Å²) in [6.45, 7) is 2.10. The fourth-order valence-electron chi connectivity index (χ4n) is 2.16. The van der Waals surface area contributed by atoms with Gasteiger partial charge < -0.3 is 11.1 Å². The molecule has 0 saturated carbocycles. The van der Waals surface area contributed by atoms with Crippen LogP contribution in [0.5, 0.6) is 0 Å². The Bertz CT molecular complexity index is 761. The van der Waals surface area contributed by atoms with Gasteiger partial charge in [-0.05, 0) is 24.1 Å². The van der Waals surface area contributed by atoms with Gasteiger partial charge in [0.2, 0.25) is 5.95 Å². The number of rotatable bonds is 3. The van der Waals surface area contributed by atoms with Crippen LogP contribution in [-0.2, 0) is 6.42 Å². The van der Waals surface area contributed by atoms with Crippen molar-refractivity contribution >= 4 is 22.8 Å². The average Bonchev–Trinajstić information content (AvgIpc) is 2.91. The molecule has 0 aliphatic carbocycles. The molecule has 3 aromatic rings. The predicted molar refractivity (Wildman–Crippen MR) is 80.0 cm³/mol. The molecule has 0 unspecified atom stereocenters. The first kappa shape index (κ1) is 12.4. The quantitative estimate of drug-likeness (QED) is 0.759. The second-order valence-corrected chi connectivity index (χ2v) is 4.51. The first-order valence-corrected chi connectivity index (χ1v) is 6.49. The van der Waals surface area contributed by atoms with E-state index in [4.69, 9.17) is 5.73 Å². The summed E-state index contributed by atoms with van der Waals surface area (Å²) in [5, 5.41) is 3.76. The second-order valence-electron chi connectivity index (χ2n) is 4.51. The van der Waals surface area contributed by atoms with E-state index in [1.807, 2.05) is 29.2 Å². The van der Waals surface area contributed by atoms with Gasteiger partial charge in [0.25, 0.3) is 0 Å². The predicted octanol–water partition coefficient (Wildman–Crippen LogP) is 2.00. The summed E-state index contributed by atoms with van der Waals surface area (Å²) >= 11 is 0. The molecule has 0 fully saturated rings. The van der Waals surface area contributed by atoms with Crippen molar-refractivity contribution in [2.75, 3.05) is 18.1 Å². The van der Waals surface area contributed by atoms with Crippen LogP contribution in [0, 0.1) is 0 Å². The molecular formula is C14H16N6. The number of pyridine rings is 1. The number of nitrogens with zero attached hydrogens (tertiary/aromatic N) is 4. The molecule has 0 saturated heterocycles. The maximum atomic E-state index is 5.96. The molecule has 0 aromatic carbocycles. The topological polar surface area (TPSA) is 81.7 Å². The van der Waals surface area contributed by atoms with Crippen LogP contribution in [0.3, 0.4) is 0 Å². The second kappa shape index (κ2) is 4.80. The molecule has 0 spiro atoms. The van der Waals surface area contributed by atoms with Gasteiger partial charge in [-0.3, -0.25) is 9.55 Å². The van der Waals surface area contributed by atoms with Crippen LogP contribution >= 0.6 is 0 Å². The Morgan fingerprint density at radius 1 is 1.30 bits per heavy atom. The zero-order valence-electron chi connectivity index (χ0n) is 11.5. The Hall–Kier alpha value is -2.63. The maximum absolute atomic E-state index is 5.96. The SMILES string of the molecule is CCc1cncc(-n2ccc3c(N)nc(NC)nc32)c1. The zero-order chi connectivity index (χ0) is 14.1. The maximum Gasteiger partial charge on any atom is 0.226 e. The van der Waals surface area contributed by atoms with Crippen molar-refractivity contribution in [2.24, 2.45) is 0 Å². The number of hydrogen-bond acceptors (Lipinski definition) is 5. The molecule has 0 aliphatic heterocycles. The summed E-state index contributed by atoms with van der Waals surface area (Å²) in [6, 6.07) is 4.02. The molecule has 3 aromatic heterocycles. The van der Waals surface area contributed by atoms with Crippen molar-refractivity contribution in [3.8, 4) is 5.69 Å². The summed E-state index contributed by atoms with van der Waals surface area (Å²) in [5.74, 6) is 0.979. The summed E-state index contributed by atoms with van der Waals surface area (Å²) in [6.07, 6.45) is 6.57. The Morgan fingerprint density at radius 3 is 2.90 bits per heavy atom. The zero-order valence-corrected chi connectivity index (χ0v) is 11.5. The van der Waals surface area contributed by atoms with Crippen molar-refractivity contribution in [3.05, 3.63) is 36.3 Å². The van der Waals surface area contributed by atoms with Crippen LogP contribution in [0.1, 0.15) is 12.5 Å². The number of nitrogens with two attached hydrogens (primary N) is 1. The molecule has 0 amide bonds. The third kappa shape index (κ3) is 1.95. The summed E-state index contributed by atoms with van der Waals surface area (Å²) < 4.78 is 1.97. The van der Waals surface area contributed by atoms with Crippen molar-refractivity contribution in [1.29, 1.82) is 0 Å². The molecule has 0 radical (unpaired) electrons. The van der Waals surface area contributed by atoms with E-state index in [0.717, 1.165) is 23.1 Å². The number of anilines is 2. The molecule has 0 atom stereocenters. The van der Waals surface area contributed by atoms with E-state index < -0.39 is 0 Å². The van der Waals surface area contributed by atoms with Gasteiger partial charge in [0.15, 0.2) is 5.65 Å². The van der Waals surface area contributed by atoms with Crippen LogP contribution in [0.2, 0.25) is 0 Å². The highest BCUT2D eigenvalue weighted by molar-refractivity contribution is 5.88. The van der Waals surface area contributed by atoms with Gasteiger partial charge in [-0.15, -0.1) is 0 Å². The Labute approximate surface area is 116 Å². The highest BCUT2D eigenvalue weighted by atomic mass is 15.2. The lowest BCUT2D eigenvalue weighted by atomic mass is 10.2. The first-order chi connectivity index (χ1) is 9.72. The smallest absolute Gasteiger partial charge is 0.226 e. The van der Waals surface area contributed by atoms with Crippen molar-refractivity contribution in [3.63, 3.8) is 0 Å². The molecular weight excluding hydrogens is 252 g/mol. The van der Waals surface area contributed by atoms with E-state index >= 15 is 0 Å². The van der Waals surface area contributed by atoms with Crippen LogP contribution in [0.25, 0.3) is 16.7 Å². The standard InChI is InChI=1S/C14H16N6/c1-3-9-6-10(8-17-7-9)20-5-4-11-12(15)18-14(16-2)19-13(11)20/h4-8H,3H2,1-2H3,(H3,15,16,18,19). The third-order valence-electron chi connectivity index (χ3n) is 3.26. The number of nitrogens with one attached hydrogen (secondary N) is 1. The number of hydrogen-bond donors (Lipinski definition) is 2. The lowest BCUT2D eigenvalue weighted by Gasteiger charge is -2.07. The summed E-state index contributed by atoms with van der Waals surface area (Å²) in [5.41, 5.74) is 8.89. The van der Waals surface area contributed by atoms with E-state index in [1.54, 1.807) is 7.05 Å². The van der Waals surface area contributed by atoms with E-state index in [2.05, 4.69) is 33.3 Å². The van der Waals surface area contributed by atoms with Gasteiger partial charge in [0.1, 0.15) is 5.82 Å². The Kier molecular flexibility index (Phi) is 2.98. The van der Waals surface area contributed by atoms with Crippen LogP contribution < -0.4 is 11.1 Å². The lowest BCUT2D eigenvalue weighted by molar-refractivity contribution is 1.03. The van der Waals surface area contributed by atoms with Gasteiger partial charge in [-0.2, -0.15) is 9.97 Å². The van der Waals surface area contributed by atoms with Gasteiger partial charge in [0, 0.05) is 19.4 Å². The van der Waals surface area contributed by atoms with Gasteiger partial charge >= 0.3 is 0 Å². The minimum Gasteiger partial charge on any atom is -0.383 e. The normalized spacial score (nSPS) is 10.9.